The van der Waals surface area contributed by atoms with Crippen LogP contribution in [0.15, 0.2) is 54.7 Å². The van der Waals surface area contributed by atoms with Gasteiger partial charge in [0.05, 0.1) is 0 Å². The zero-order valence-electron chi connectivity index (χ0n) is 19.8. The molecule has 175 valence electrons. The second-order valence-corrected chi connectivity index (χ2v) is 12.3. The molecule has 3 saturated carbocycles. The molecular formula is C28H39Cl2CrN+. The van der Waals surface area contributed by atoms with E-state index >= 15 is 0 Å². The Kier molecular flexibility index (Phi) is 10.00. The molecule has 0 bridgehead atoms. The summed E-state index contributed by atoms with van der Waals surface area (Å²) in [7, 11) is 11.9. The van der Waals surface area contributed by atoms with Gasteiger partial charge in [0.15, 0.2) is 11.9 Å². The van der Waals surface area contributed by atoms with Gasteiger partial charge in [-0.15, -0.1) is 0 Å². The van der Waals surface area contributed by atoms with Crippen molar-refractivity contribution in [2.24, 2.45) is 48.5 Å². The molecule has 3 fully saturated rings. The van der Waals surface area contributed by atoms with Crippen molar-refractivity contribution in [3.05, 3.63) is 73.4 Å². The standard InChI is InChI=1S/C27H36N.CH3.2ClH.Cr/c1-19-24(15-20-9-4-3-5-10-20)26-16-21-11-8-12-22(21)17-27(26)25(19)18-23-13-6-7-14-28(23)2;;;;/h3-7,9-10,13-14,19,21-22,24-27H,8,11-12,15-18H2,1-2H3;1H3;2*1H;/q+1;-1;;;+3/p-2. The molecule has 1 nitrogen and oxygen atoms in total. The Bertz CT molecular complexity index is 829. The summed E-state index contributed by atoms with van der Waals surface area (Å²) in [5, 5.41) is 0. The molecule has 5 rings (SSSR count). The van der Waals surface area contributed by atoms with Gasteiger partial charge in [0.1, 0.15) is 7.05 Å². The van der Waals surface area contributed by atoms with E-state index in [1.807, 2.05) is 0 Å². The maximum absolute atomic E-state index is 4.83. The monoisotopic (exact) mass is 511 g/mol. The fourth-order valence-electron chi connectivity index (χ4n) is 7.44. The second-order valence-electron chi connectivity index (χ2n) is 10.2. The third-order valence-electron chi connectivity index (χ3n) is 8.89. The average molecular weight is 513 g/mol. The molecule has 3 aliphatic carbocycles. The molecule has 1 aromatic heterocycles. The topological polar surface area (TPSA) is 3.88 Å². The van der Waals surface area contributed by atoms with E-state index in [2.05, 4.69) is 73.3 Å². The van der Waals surface area contributed by atoms with E-state index in [4.69, 9.17) is 20.1 Å². The molecule has 7 unspecified atom stereocenters. The zero-order chi connectivity index (χ0) is 21.8. The minimum absolute atomic E-state index is 0. The summed E-state index contributed by atoms with van der Waals surface area (Å²) in [4.78, 5) is 0. The Labute approximate surface area is 211 Å². The van der Waals surface area contributed by atoms with E-state index in [0.29, 0.717) is 0 Å². The number of fused-ring (bicyclic) bond motifs is 2. The van der Waals surface area contributed by atoms with E-state index in [-0.39, 0.29) is 20.8 Å². The van der Waals surface area contributed by atoms with Crippen molar-refractivity contribution in [2.45, 2.75) is 51.9 Å². The van der Waals surface area contributed by atoms with Crippen LogP contribution in [0.4, 0.5) is 0 Å². The van der Waals surface area contributed by atoms with E-state index in [1.165, 1.54) is 50.6 Å². The van der Waals surface area contributed by atoms with Gasteiger partial charge in [0.25, 0.3) is 0 Å². The Balaban J connectivity index is 0.000000686. The zero-order valence-corrected chi connectivity index (χ0v) is 22.6. The molecular weight excluding hydrogens is 473 g/mol. The molecule has 0 aliphatic heterocycles. The number of aryl methyl sites for hydroxylation is 1. The predicted octanol–water partition coefficient (Wildman–Crippen LogP) is 7.45. The molecule has 4 heteroatoms. The van der Waals surface area contributed by atoms with Gasteiger partial charge in [-0.2, -0.15) is 0 Å². The molecule has 3 aliphatic rings. The summed E-state index contributed by atoms with van der Waals surface area (Å²) >= 11 is -0.181. The normalized spacial score (nSPS) is 32.7. The molecule has 0 saturated heterocycles. The van der Waals surface area contributed by atoms with Gasteiger partial charge in [-0.05, 0) is 66.3 Å². The Morgan fingerprint density at radius 1 is 0.875 bits per heavy atom. The number of aromatic nitrogens is 1. The summed E-state index contributed by atoms with van der Waals surface area (Å²) < 4.78 is 2.35. The number of hydrogen-bond acceptors (Lipinski definition) is 0. The van der Waals surface area contributed by atoms with Crippen LogP contribution in [0, 0.1) is 48.9 Å². The van der Waals surface area contributed by atoms with Crippen molar-refractivity contribution in [1.82, 2.24) is 0 Å². The summed E-state index contributed by atoms with van der Waals surface area (Å²) in [6, 6.07) is 18.1. The first-order valence-corrected chi connectivity index (χ1v) is 15.5. The molecule has 0 spiro atoms. The van der Waals surface area contributed by atoms with Gasteiger partial charge in [-0.1, -0.05) is 62.6 Å². The van der Waals surface area contributed by atoms with Crippen LogP contribution < -0.4 is 4.57 Å². The molecule has 0 amide bonds. The summed E-state index contributed by atoms with van der Waals surface area (Å²) in [6.45, 7) is 2.59. The van der Waals surface area contributed by atoms with Crippen LogP contribution >= 0.6 is 20.1 Å². The van der Waals surface area contributed by atoms with Crippen molar-refractivity contribution in [1.29, 1.82) is 0 Å². The molecule has 0 N–H and O–H groups in total. The first kappa shape index (κ1) is 26.1. The number of rotatable bonds is 4. The molecule has 2 aromatic rings. The fourth-order valence-corrected chi connectivity index (χ4v) is 7.44. The van der Waals surface area contributed by atoms with Crippen LogP contribution in [0.5, 0.6) is 0 Å². The molecule has 32 heavy (non-hydrogen) atoms. The van der Waals surface area contributed by atoms with Crippen LogP contribution in [0.25, 0.3) is 0 Å². The third kappa shape index (κ3) is 5.75. The fraction of sp³-hybridized carbons (Fsp3) is 0.571. The minimum atomic E-state index is -0.181. The van der Waals surface area contributed by atoms with Crippen molar-refractivity contribution in [3.8, 4) is 0 Å². The van der Waals surface area contributed by atoms with Gasteiger partial charge in [-0.25, -0.2) is 4.57 Å². The first-order chi connectivity index (χ1) is 15.1. The number of hydrogen-bond donors (Lipinski definition) is 0. The first-order valence-electron chi connectivity index (χ1n) is 12.0. The number of nitrogens with zero attached hydrogens (tertiary/aromatic N) is 1. The van der Waals surface area contributed by atoms with Crippen LogP contribution in [-0.4, -0.2) is 0 Å². The Morgan fingerprint density at radius 2 is 1.44 bits per heavy atom. The molecule has 1 aromatic carbocycles. The number of pyridine rings is 1. The predicted molar refractivity (Wildman–Crippen MR) is 133 cm³/mol. The SMILES string of the molecule is CC1C(Cc2ccccc2)C2CC3CCCC3CC2C1Cc1cccc[n+]1C.[CH3-].[Cl][Cr+][Cl]. The van der Waals surface area contributed by atoms with Crippen LogP contribution in [0.1, 0.15) is 50.3 Å². The average Bonchev–Trinajstić information content (AvgIpc) is 3.33. The van der Waals surface area contributed by atoms with Crippen LogP contribution in [0.2, 0.25) is 0 Å². The van der Waals surface area contributed by atoms with Crippen molar-refractivity contribution < 1.29 is 17.9 Å². The number of halogens is 2. The van der Waals surface area contributed by atoms with E-state index < -0.39 is 0 Å². The Hall–Kier alpha value is -0.518. The molecule has 0 radical (unpaired) electrons. The van der Waals surface area contributed by atoms with E-state index in [9.17, 15) is 0 Å². The van der Waals surface area contributed by atoms with E-state index in [0.717, 1.165) is 41.4 Å². The summed E-state index contributed by atoms with van der Waals surface area (Å²) in [6.07, 6.45) is 12.3. The summed E-state index contributed by atoms with van der Waals surface area (Å²) in [5.41, 5.74) is 3.07. The maximum atomic E-state index is 4.83. The van der Waals surface area contributed by atoms with Gasteiger partial charge in [0.2, 0.25) is 0 Å². The Morgan fingerprint density at radius 3 is 2.03 bits per heavy atom. The van der Waals surface area contributed by atoms with Gasteiger partial charge in [0, 0.05) is 18.6 Å². The van der Waals surface area contributed by atoms with Crippen molar-refractivity contribution in [2.75, 3.05) is 0 Å². The van der Waals surface area contributed by atoms with Crippen LogP contribution in [0.3, 0.4) is 0 Å². The molecule has 1 heterocycles. The third-order valence-corrected chi connectivity index (χ3v) is 8.89. The van der Waals surface area contributed by atoms with Crippen LogP contribution in [-0.2, 0) is 33.3 Å². The van der Waals surface area contributed by atoms with Gasteiger partial charge in [-0.3, -0.25) is 0 Å². The number of benzene rings is 1. The van der Waals surface area contributed by atoms with Crippen molar-refractivity contribution in [3.63, 3.8) is 0 Å². The van der Waals surface area contributed by atoms with Gasteiger partial charge >= 0.3 is 33.5 Å². The van der Waals surface area contributed by atoms with Gasteiger partial charge < -0.3 is 7.43 Å². The second kappa shape index (κ2) is 12.3. The quantitative estimate of drug-likeness (QED) is 0.296. The van der Waals surface area contributed by atoms with E-state index in [1.54, 1.807) is 5.56 Å². The summed E-state index contributed by atoms with van der Waals surface area (Å²) in [5.74, 6) is 6.53. The molecule has 7 atom stereocenters. The van der Waals surface area contributed by atoms with Crippen molar-refractivity contribution >= 4 is 20.1 Å².